The van der Waals surface area contributed by atoms with Gasteiger partial charge in [-0.05, 0) is 77.7 Å². The van der Waals surface area contributed by atoms with E-state index in [-0.39, 0.29) is 12.3 Å². The summed E-state index contributed by atoms with van der Waals surface area (Å²) < 4.78 is 17.5. The van der Waals surface area contributed by atoms with E-state index in [4.69, 9.17) is 25.6 Å². The quantitative estimate of drug-likeness (QED) is 0.711. The normalized spacial score (nSPS) is 18.9. The molecule has 0 bridgehead atoms. The zero-order chi connectivity index (χ0) is 21.3. The highest BCUT2D eigenvalue weighted by atomic mass is 35.5. The summed E-state index contributed by atoms with van der Waals surface area (Å²) in [6.45, 7) is 13.3. The highest BCUT2D eigenvalue weighted by Gasteiger charge is 2.52. The van der Waals surface area contributed by atoms with Gasteiger partial charge in [0.05, 0.1) is 11.2 Å². The van der Waals surface area contributed by atoms with E-state index in [1.165, 1.54) is 6.07 Å². The number of halogens is 1. The van der Waals surface area contributed by atoms with E-state index in [9.17, 15) is 9.90 Å². The Bertz CT molecular complexity index is 754. The summed E-state index contributed by atoms with van der Waals surface area (Å²) in [5.74, 6) is 0.0871. The molecule has 0 aliphatic carbocycles. The number of amides is 1. The van der Waals surface area contributed by atoms with Crippen LogP contribution in [0.1, 0.15) is 54.0 Å². The third-order valence-electron chi connectivity index (χ3n) is 4.71. The van der Waals surface area contributed by atoms with Gasteiger partial charge in [0.2, 0.25) is 0 Å². The maximum atomic E-state index is 12.1. The van der Waals surface area contributed by atoms with Crippen LogP contribution in [0.2, 0.25) is 5.02 Å². The van der Waals surface area contributed by atoms with E-state index >= 15 is 0 Å². The fraction of sp³-hybridized carbons (Fsp3) is 0.550. The predicted molar refractivity (Wildman–Crippen MR) is 111 cm³/mol. The van der Waals surface area contributed by atoms with Gasteiger partial charge in [0.25, 0.3) is 0 Å². The molecule has 154 valence electrons. The van der Waals surface area contributed by atoms with Gasteiger partial charge in [-0.3, -0.25) is 0 Å². The summed E-state index contributed by atoms with van der Waals surface area (Å²) in [4.78, 5) is 12.1. The Morgan fingerprint density at radius 3 is 2.36 bits per heavy atom. The number of carbonyl (C=O) groups is 1. The Morgan fingerprint density at radius 1 is 1.25 bits per heavy atom. The number of carbonyl (C=O) groups excluding carboxylic acids is 1. The summed E-state index contributed by atoms with van der Waals surface area (Å²) in [6.07, 6.45) is 1.21. The van der Waals surface area contributed by atoms with Crippen LogP contribution in [0.4, 0.5) is 4.79 Å². The number of hydrogen-bond donors (Lipinski definition) is 2. The summed E-state index contributed by atoms with van der Waals surface area (Å²) in [7, 11) is -0.682. The summed E-state index contributed by atoms with van der Waals surface area (Å²) in [6, 6.07) is 4.65. The van der Waals surface area contributed by atoms with Crippen molar-refractivity contribution in [2.75, 3.05) is 6.54 Å². The smallest absolute Gasteiger partial charge is 0.492 e. The zero-order valence-corrected chi connectivity index (χ0v) is 18.3. The number of hydrogen-bond acceptors (Lipinski definition) is 5. The van der Waals surface area contributed by atoms with Crippen molar-refractivity contribution in [2.45, 2.75) is 65.3 Å². The van der Waals surface area contributed by atoms with E-state index < -0.39 is 30.0 Å². The molecule has 0 atom stereocenters. The van der Waals surface area contributed by atoms with E-state index in [1.54, 1.807) is 39.0 Å². The topological polar surface area (TPSA) is 77.0 Å². The average Bonchev–Trinajstić information content (AvgIpc) is 2.73. The third-order valence-corrected chi connectivity index (χ3v) is 5.06. The Morgan fingerprint density at radius 2 is 1.82 bits per heavy atom. The molecular formula is C20H29BClNO5. The molecule has 0 aromatic heterocycles. The average molecular weight is 410 g/mol. The number of rotatable bonds is 4. The van der Waals surface area contributed by atoms with E-state index in [0.717, 1.165) is 0 Å². The number of phenols is 1. The molecular weight excluding hydrogens is 380 g/mol. The molecule has 1 heterocycles. The molecule has 2 N–H and O–H groups in total. The molecule has 1 aromatic rings. The van der Waals surface area contributed by atoms with Crippen LogP contribution in [-0.2, 0) is 14.0 Å². The molecule has 1 aliphatic rings. The fourth-order valence-electron chi connectivity index (χ4n) is 2.53. The second-order valence-electron chi connectivity index (χ2n) is 8.87. The van der Waals surface area contributed by atoms with Crippen molar-refractivity contribution in [3.05, 3.63) is 34.3 Å². The van der Waals surface area contributed by atoms with Crippen molar-refractivity contribution in [3.63, 3.8) is 0 Å². The maximum Gasteiger partial charge on any atom is 0.492 e. The van der Waals surface area contributed by atoms with E-state index in [2.05, 4.69) is 5.32 Å². The molecule has 2 rings (SSSR count). The largest absolute Gasteiger partial charge is 0.508 e. The Balaban J connectivity index is 2.30. The van der Waals surface area contributed by atoms with Crippen molar-refractivity contribution in [1.82, 2.24) is 5.32 Å². The van der Waals surface area contributed by atoms with Crippen molar-refractivity contribution < 1.29 is 23.9 Å². The first-order valence-corrected chi connectivity index (χ1v) is 9.59. The molecule has 1 aromatic carbocycles. The molecule has 1 saturated heterocycles. The van der Waals surface area contributed by atoms with Gasteiger partial charge in [-0.15, -0.1) is 0 Å². The summed E-state index contributed by atoms with van der Waals surface area (Å²) >= 11 is 6.26. The van der Waals surface area contributed by atoms with Crippen molar-refractivity contribution in [3.8, 4) is 5.75 Å². The highest BCUT2D eigenvalue weighted by Crippen LogP contribution is 2.39. The van der Waals surface area contributed by atoms with Gasteiger partial charge in [0, 0.05) is 11.6 Å². The lowest BCUT2D eigenvalue weighted by atomic mass is 9.77. The van der Waals surface area contributed by atoms with Crippen molar-refractivity contribution >= 4 is 30.9 Å². The number of aromatic hydroxyl groups is 1. The first-order chi connectivity index (χ1) is 12.7. The van der Waals surface area contributed by atoms with Gasteiger partial charge in [-0.2, -0.15) is 0 Å². The van der Waals surface area contributed by atoms with Gasteiger partial charge in [0.15, 0.2) is 0 Å². The molecule has 8 heteroatoms. The van der Waals surface area contributed by atoms with E-state index in [0.29, 0.717) is 16.1 Å². The van der Waals surface area contributed by atoms with Gasteiger partial charge in [0.1, 0.15) is 11.4 Å². The number of phenolic OH excluding ortho intramolecular Hbond substituents is 1. The predicted octanol–water partition coefficient (Wildman–Crippen LogP) is 4.59. The SMILES string of the molecule is CC(C)(C)OC(=O)NCC(=Cc1cc(O)ccc1Cl)B1OC(C)(C)C(C)(C)O1. The minimum Gasteiger partial charge on any atom is -0.508 e. The molecule has 6 nitrogen and oxygen atoms in total. The second kappa shape index (κ2) is 7.97. The van der Waals surface area contributed by atoms with Gasteiger partial charge in [-0.25, -0.2) is 4.79 Å². The van der Waals surface area contributed by atoms with Crippen LogP contribution in [-0.4, -0.2) is 41.7 Å². The zero-order valence-electron chi connectivity index (χ0n) is 17.6. The molecule has 1 fully saturated rings. The maximum absolute atomic E-state index is 12.1. The Hall–Kier alpha value is -1.70. The third kappa shape index (κ3) is 5.66. The summed E-state index contributed by atoms with van der Waals surface area (Å²) in [5.41, 5.74) is -0.432. The first-order valence-electron chi connectivity index (χ1n) is 9.22. The summed E-state index contributed by atoms with van der Waals surface area (Å²) in [5, 5.41) is 13.0. The molecule has 1 aliphatic heterocycles. The standard InChI is InChI=1S/C20H29BClNO5/c1-18(2,3)26-17(25)23-12-14(10-13-11-15(24)8-9-16(13)22)21-27-19(4,5)20(6,7)28-21/h8-11,24H,12H2,1-7H3,(H,23,25). The minimum absolute atomic E-state index is 0.0871. The van der Waals surface area contributed by atoms with E-state index in [1.807, 2.05) is 27.7 Å². The van der Waals surface area contributed by atoms with Crippen molar-refractivity contribution in [2.24, 2.45) is 0 Å². The van der Waals surface area contributed by atoms with Gasteiger partial charge < -0.3 is 24.5 Å². The van der Waals surface area contributed by atoms with Crippen LogP contribution in [0.25, 0.3) is 6.08 Å². The Labute approximate surface area is 172 Å². The van der Waals surface area contributed by atoms with Gasteiger partial charge >= 0.3 is 13.2 Å². The second-order valence-corrected chi connectivity index (χ2v) is 9.28. The number of alkyl carbamates (subject to hydrolysis) is 1. The van der Waals surface area contributed by atoms with Crippen LogP contribution >= 0.6 is 11.6 Å². The van der Waals surface area contributed by atoms with Gasteiger partial charge in [-0.1, -0.05) is 17.7 Å². The Kier molecular flexibility index (Phi) is 6.43. The minimum atomic E-state index is -0.682. The lowest BCUT2D eigenvalue weighted by Gasteiger charge is -2.32. The van der Waals surface area contributed by atoms with Crippen LogP contribution < -0.4 is 5.32 Å². The number of benzene rings is 1. The number of nitrogens with one attached hydrogen (secondary N) is 1. The molecule has 0 unspecified atom stereocenters. The molecule has 1 amide bonds. The molecule has 0 spiro atoms. The lowest BCUT2D eigenvalue weighted by Crippen LogP contribution is -2.41. The fourth-order valence-corrected chi connectivity index (χ4v) is 2.70. The molecule has 0 saturated carbocycles. The number of ether oxygens (including phenoxy) is 1. The van der Waals surface area contributed by atoms with Crippen LogP contribution in [0.3, 0.4) is 0 Å². The highest BCUT2D eigenvalue weighted by molar-refractivity contribution is 6.56. The monoisotopic (exact) mass is 409 g/mol. The lowest BCUT2D eigenvalue weighted by molar-refractivity contribution is 0.00578. The first kappa shape index (κ1) is 22.6. The van der Waals surface area contributed by atoms with Crippen molar-refractivity contribution in [1.29, 1.82) is 0 Å². The molecule has 0 radical (unpaired) electrons. The molecule has 28 heavy (non-hydrogen) atoms. The van der Waals surface area contributed by atoms with Crippen LogP contribution in [0.15, 0.2) is 23.7 Å². The van der Waals surface area contributed by atoms with Crippen LogP contribution in [0.5, 0.6) is 5.75 Å². The van der Waals surface area contributed by atoms with Crippen LogP contribution in [0, 0.1) is 0 Å².